The van der Waals surface area contributed by atoms with Gasteiger partial charge in [-0.05, 0) is 45.5 Å². The fourth-order valence-corrected chi connectivity index (χ4v) is 9.09. The predicted octanol–water partition coefficient (Wildman–Crippen LogP) is 10.5. The Morgan fingerprint density at radius 3 is 0.973 bits per heavy atom. The summed E-state index contributed by atoms with van der Waals surface area (Å²) in [6.45, 7) is 1.14. The molecular weight excluding hydrogens is 937 g/mol. The minimum atomic E-state index is -1.12. The van der Waals surface area contributed by atoms with Crippen LogP contribution in [-0.2, 0) is 91.7 Å². The maximum Gasteiger partial charge on any atom is 0.338 e. The molecule has 2 saturated heterocycles. The number of benzene rings is 7. The van der Waals surface area contributed by atoms with E-state index in [1.165, 1.54) is 0 Å². The van der Waals surface area contributed by atoms with E-state index in [4.69, 9.17) is 52.1 Å². The molecule has 0 aliphatic carbocycles. The van der Waals surface area contributed by atoms with Crippen LogP contribution in [0, 0.1) is 0 Å². The molecule has 12 nitrogen and oxygen atoms in total. The summed E-state index contributed by atoms with van der Waals surface area (Å²) in [5.41, 5.74) is 6.13. The topological polar surface area (TPSA) is 119 Å². The van der Waals surface area contributed by atoms with E-state index in [9.17, 15) is 4.79 Å². The summed E-state index contributed by atoms with van der Waals surface area (Å²) in [6, 6.07) is 68.3. The lowest BCUT2D eigenvalue weighted by Crippen LogP contribution is -2.64. The van der Waals surface area contributed by atoms with Gasteiger partial charge in [-0.1, -0.05) is 200 Å². The van der Waals surface area contributed by atoms with E-state index in [1.54, 1.807) is 31.4 Å². The standard InChI is InChI=1S/C62H64O12/c1-64-61-58(69-41-49-31-17-6-18-32-49)56(67-39-47-27-13-4-14-28-47)55(66-38-46-25-11-3-12-26-46)53(73-61)44-72-62-59(70-42-50-33-19-7-20-34-50)57(68-40-48-29-15-5-16-30-48)54(65-37-45-23-9-2-10-24-45)52(74-62)43-71-60(63)51-35-21-8-22-36-51/h2-36,52-59,61-62H,37-44H2,1H3/t52-,53-,54-,55-,56+,57+,58-,59-,61+,62+/m1/s1. The van der Waals surface area contributed by atoms with Crippen molar-refractivity contribution < 1.29 is 56.9 Å². The summed E-state index contributed by atoms with van der Waals surface area (Å²) in [5, 5.41) is 0. The SMILES string of the molecule is CO[C@H]1O[C@H](CO[C@H]2O[C@H](COC(=O)c3ccccc3)[C@@H](OCc3ccccc3)[C@H](OCc3ccccc3)[C@H]2OCc2ccccc2)[C@@H](OCc2ccccc2)[C@H](OCc2ccccc2)[C@H]1OCc1ccccc1. The van der Waals surface area contributed by atoms with Crippen LogP contribution >= 0.6 is 0 Å². The van der Waals surface area contributed by atoms with Gasteiger partial charge in [0.2, 0.25) is 0 Å². The maximum atomic E-state index is 13.6. The molecule has 0 aromatic heterocycles. The number of rotatable bonds is 25. The van der Waals surface area contributed by atoms with E-state index < -0.39 is 67.4 Å². The van der Waals surface area contributed by atoms with Gasteiger partial charge < -0.3 is 52.1 Å². The molecule has 384 valence electrons. The zero-order valence-corrected chi connectivity index (χ0v) is 41.5. The molecule has 0 saturated carbocycles. The van der Waals surface area contributed by atoms with Crippen molar-refractivity contribution in [3.63, 3.8) is 0 Å². The molecule has 74 heavy (non-hydrogen) atoms. The van der Waals surface area contributed by atoms with Gasteiger partial charge in [-0.25, -0.2) is 4.79 Å². The Hall–Kier alpha value is -6.39. The van der Waals surface area contributed by atoms with Crippen LogP contribution in [0.3, 0.4) is 0 Å². The van der Waals surface area contributed by atoms with E-state index in [-0.39, 0.29) is 52.9 Å². The van der Waals surface area contributed by atoms with Crippen molar-refractivity contribution in [3.05, 3.63) is 251 Å². The molecule has 0 bridgehead atoms. The van der Waals surface area contributed by atoms with Gasteiger partial charge in [-0.3, -0.25) is 0 Å². The Balaban J connectivity index is 1.06. The molecule has 2 heterocycles. The minimum Gasteiger partial charge on any atom is -0.459 e. The van der Waals surface area contributed by atoms with Crippen molar-refractivity contribution in [1.82, 2.24) is 0 Å². The summed E-state index contributed by atoms with van der Waals surface area (Å²) in [5.74, 6) is -0.511. The molecule has 0 N–H and O–H groups in total. The Morgan fingerprint density at radius 2 is 0.622 bits per heavy atom. The average Bonchev–Trinajstić information content (AvgIpc) is 3.47. The largest absolute Gasteiger partial charge is 0.459 e. The van der Waals surface area contributed by atoms with E-state index in [0.717, 1.165) is 33.4 Å². The van der Waals surface area contributed by atoms with Gasteiger partial charge >= 0.3 is 5.97 Å². The first-order chi connectivity index (χ1) is 36.6. The van der Waals surface area contributed by atoms with Gasteiger partial charge in [0, 0.05) is 7.11 Å². The zero-order chi connectivity index (χ0) is 50.6. The highest BCUT2D eigenvalue weighted by molar-refractivity contribution is 5.89. The Kier molecular flexibility index (Phi) is 19.7. The van der Waals surface area contributed by atoms with Gasteiger partial charge in [0.25, 0.3) is 0 Å². The number of esters is 1. The first kappa shape index (κ1) is 52.5. The number of hydrogen-bond acceptors (Lipinski definition) is 12. The zero-order valence-electron chi connectivity index (χ0n) is 41.5. The fourth-order valence-electron chi connectivity index (χ4n) is 9.09. The van der Waals surface area contributed by atoms with Crippen molar-refractivity contribution in [3.8, 4) is 0 Å². The van der Waals surface area contributed by atoms with Crippen LogP contribution in [0.15, 0.2) is 212 Å². The van der Waals surface area contributed by atoms with Gasteiger partial charge in [0.1, 0.15) is 55.4 Å². The summed E-state index contributed by atoms with van der Waals surface area (Å²) in [7, 11) is 1.59. The molecule has 2 fully saturated rings. The second-order valence-electron chi connectivity index (χ2n) is 18.2. The predicted molar refractivity (Wildman–Crippen MR) is 277 cm³/mol. The first-order valence-corrected chi connectivity index (χ1v) is 25.2. The molecular formula is C62H64O12. The molecule has 7 aromatic carbocycles. The molecule has 9 rings (SSSR count). The Bertz CT molecular complexity index is 2650. The van der Waals surface area contributed by atoms with Crippen molar-refractivity contribution in [2.75, 3.05) is 20.3 Å². The van der Waals surface area contributed by atoms with Crippen LogP contribution < -0.4 is 0 Å². The monoisotopic (exact) mass is 1000 g/mol. The number of hydrogen-bond donors (Lipinski definition) is 0. The van der Waals surface area contributed by atoms with Crippen LogP contribution in [0.5, 0.6) is 0 Å². The Labute approximate surface area is 433 Å². The molecule has 0 radical (unpaired) electrons. The summed E-state index contributed by atoms with van der Waals surface area (Å²) >= 11 is 0. The third kappa shape index (κ3) is 14.9. The highest BCUT2D eigenvalue weighted by atomic mass is 16.8. The molecule has 10 atom stereocenters. The quantitative estimate of drug-likeness (QED) is 0.0507. The third-order valence-electron chi connectivity index (χ3n) is 12.9. The van der Waals surface area contributed by atoms with Crippen LogP contribution in [0.1, 0.15) is 43.7 Å². The van der Waals surface area contributed by atoms with Crippen molar-refractivity contribution >= 4 is 5.97 Å². The van der Waals surface area contributed by atoms with E-state index in [0.29, 0.717) is 5.56 Å². The Morgan fingerprint density at radius 1 is 0.338 bits per heavy atom. The lowest BCUT2D eigenvalue weighted by Gasteiger charge is -2.47. The van der Waals surface area contributed by atoms with Gasteiger partial charge in [0.15, 0.2) is 12.6 Å². The second kappa shape index (κ2) is 27.8. The fraction of sp³-hybridized carbons (Fsp3) is 0.306. The highest BCUT2D eigenvalue weighted by Gasteiger charge is 2.52. The van der Waals surface area contributed by atoms with E-state index >= 15 is 0 Å². The number of carbonyl (C=O) groups excluding carboxylic acids is 1. The van der Waals surface area contributed by atoms with Crippen LogP contribution in [0.25, 0.3) is 0 Å². The molecule has 2 aliphatic rings. The van der Waals surface area contributed by atoms with Crippen molar-refractivity contribution in [1.29, 1.82) is 0 Å². The second-order valence-corrected chi connectivity index (χ2v) is 18.2. The summed E-state index contributed by atoms with van der Waals surface area (Å²) < 4.78 is 74.3. The smallest absolute Gasteiger partial charge is 0.338 e. The number of ether oxygens (including phenoxy) is 11. The van der Waals surface area contributed by atoms with E-state index in [2.05, 4.69) is 0 Å². The van der Waals surface area contributed by atoms with Gasteiger partial charge in [0.05, 0.1) is 51.8 Å². The lowest BCUT2D eigenvalue weighted by atomic mass is 9.96. The van der Waals surface area contributed by atoms with E-state index in [1.807, 2.05) is 188 Å². The lowest BCUT2D eigenvalue weighted by molar-refractivity contribution is -0.350. The van der Waals surface area contributed by atoms with Crippen LogP contribution in [0.4, 0.5) is 0 Å². The maximum absolute atomic E-state index is 13.6. The summed E-state index contributed by atoms with van der Waals surface area (Å²) in [4.78, 5) is 13.6. The first-order valence-electron chi connectivity index (χ1n) is 25.2. The molecule has 2 aliphatic heterocycles. The van der Waals surface area contributed by atoms with Gasteiger partial charge in [-0.15, -0.1) is 0 Å². The number of methoxy groups -OCH3 is 1. The van der Waals surface area contributed by atoms with Crippen LogP contribution in [-0.4, -0.2) is 87.7 Å². The molecule has 7 aromatic rings. The minimum absolute atomic E-state index is 0.0801. The molecule has 12 heteroatoms. The molecule has 0 unspecified atom stereocenters. The van der Waals surface area contributed by atoms with Crippen molar-refractivity contribution in [2.24, 2.45) is 0 Å². The average molecular weight is 1000 g/mol. The van der Waals surface area contributed by atoms with Crippen molar-refractivity contribution in [2.45, 2.75) is 101 Å². The normalized spacial score (nSPS) is 23.7. The molecule has 0 spiro atoms. The molecule has 0 amide bonds. The highest BCUT2D eigenvalue weighted by Crippen LogP contribution is 2.35. The summed E-state index contributed by atoms with van der Waals surface area (Å²) in [6.07, 6.45) is -8.43. The third-order valence-corrected chi connectivity index (χ3v) is 12.9. The van der Waals surface area contributed by atoms with Crippen LogP contribution in [0.2, 0.25) is 0 Å². The van der Waals surface area contributed by atoms with Gasteiger partial charge in [-0.2, -0.15) is 0 Å². The number of carbonyl (C=O) groups is 1.